The zero-order valence-electron chi connectivity index (χ0n) is 17.3. The lowest BCUT2D eigenvalue weighted by atomic mass is 10.1. The van der Waals surface area contributed by atoms with Crippen molar-refractivity contribution in [2.75, 3.05) is 32.7 Å². The van der Waals surface area contributed by atoms with Gasteiger partial charge >= 0.3 is 6.03 Å². The molecular formula is C21H29N5O2S. The van der Waals surface area contributed by atoms with E-state index in [0.717, 1.165) is 49.0 Å². The number of nitrogens with zero attached hydrogens (tertiary/aromatic N) is 3. The lowest BCUT2D eigenvalue weighted by Crippen LogP contribution is -2.52. The number of hydrogen-bond donors (Lipinski definition) is 2. The molecule has 0 bridgehead atoms. The molecule has 3 amide bonds. The highest BCUT2D eigenvalue weighted by molar-refractivity contribution is 7.13. The van der Waals surface area contributed by atoms with E-state index in [-0.39, 0.29) is 18.0 Å². The lowest BCUT2D eigenvalue weighted by Gasteiger charge is -2.33. The van der Waals surface area contributed by atoms with Crippen molar-refractivity contribution in [2.45, 2.75) is 32.9 Å². The van der Waals surface area contributed by atoms with Crippen LogP contribution in [-0.2, 0) is 11.3 Å². The van der Waals surface area contributed by atoms with E-state index in [0.29, 0.717) is 0 Å². The molecule has 0 unspecified atom stereocenters. The number of nitrogens with one attached hydrogen (secondary N) is 2. The van der Waals surface area contributed by atoms with E-state index >= 15 is 0 Å². The molecule has 0 spiro atoms. The van der Waals surface area contributed by atoms with E-state index in [1.54, 1.807) is 11.3 Å². The molecule has 1 aromatic heterocycles. The molecule has 7 nitrogen and oxygen atoms in total. The predicted molar refractivity (Wildman–Crippen MR) is 116 cm³/mol. The minimum Gasteiger partial charge on any atom is -0.333 e. The van der Waals surface area contributed by atoms with Crippen molar-refractivity contribution in [1.82, 2.24) is 25.4 Å². The monoisotopic (exact) mass is 415 g/mol. The summed E-state index contributed by atoms with van der Waals surface area (Å²) in [5, 5.41) is 8.30. The van der Waals surface area contributed by atoms with Gasteiger partial charge in [-0.2, -0.15) is 0 Å². The number of amides is 3. The van der Waals surface area contributed by atoms with Gasteiger partial charge in [-0.15, -0.1) is 11.3 Å². The minimum atomic E-state index is -0.445. The molecule has 0 atom stereocenters. The molecule has 0 saturated carbocycles. The molecule has 2 aromatic rings. The number of carbonyl (C=O) groups is 2. The second kappa shape index (κ2) is 9.47. The molecule has 3 rings (SSSR count). The van der Waals surface area contributed by atoms with Crippen LogP contribution in [0.15, 0.2) is 35.7 Å². The fraction of sp³-hybridized carbons (Fsp3) is 0.476. The Bertz CT molecular complexity index is 823. The van der Waals surface area contributed by atoms with Crippen LogP contribution in [0, 0.1) is 0 Å². The average Bonchev–Trinajstić information content (AvgIpc) is 3.11. The van der Waals surface area contributed by atoms with Crippen molar-refractivity contribution in [3.8, 4) is 10.6 Å². The van der Waals surface area contributed by atoms with E-state index < -0.39 is 6.03 Å². The highest BCUT2D eigenvalue weighted by Gasteiger charge is 2.21. The largest absolute Gasteiger partial charge is 0.333 e. The summed E-state index contributed by atoms with van der Waals surface area (Å²) in [6.07, 6.45) is 0. The number of piperazine rings is 1. The van der Waals surface area contributed by atoms with Gasteiger partial charge in [-0.3, -0.25) is 19.9 Å². The second-order valence-corrected chi connectivity index (χ2v) is 9.17. The third-order valence-electron chi connectivity index (χ3n) is 4.53. The van der Waals surface area contributed by atoms with Crippen molar-refractivity contribution >= 4 is 23.3 Å². The van der Waals surface area contributed by atoms with Crippen LogP contribution in [0.4, 0.5) is 4.79 Å². The first-order chi connectivity index (χ1) is 13.8. The predicted octanol–water partition coefficient (Wildman–Crippen LogP) is 2.55. The zero-order chi connectivity index (χ0) is 20.9. The van der Waals surface area contributed by atoms with E-state index in [1.165, 1.54) is 0 Å². The first kappa shape index (κ1) is 21.4. The Morgan fingerprint density at radius 1 is 1.07 bits per heavy atom. The lowest BCUT2D eigenvalue weighted by molar-refractivity contribution is -0.121. The van der Waals surface area contributed by atoms with Crippen LogP contribution in [0.25, 0.3) is 10.6 Å². The zero-order valence-corrected chi connectivity index (χ0v) is 18.1. The quantitative estimate of drug-likeness (QED) is 0.785. The third-order valence-corrected chi connectivity index (χ3v) is 5.47. The van der Waals surface area contributed by atoms with Crippen LogP contribution >= 0.6 is 11.3 Å². The van der Waals surface area contributed by atoms with E-state index in [2.05, 4.69) is 37.9 Å². The van der Waals surface area contributed by atoms with Crippen molar-refractivity contribution < 1.29 is 9.59 Å². The first-order valence-electron chi connectivity index (χ1n) is 9.85. The van der Waals surface area contributed by atoms with Crippen molar-refractivity contribution in [3.63, 3.8) is 0 Å². The van der Waals surface area contributed by atoms with Gasteiger partial charge < -0.3 is 5.32 Å². The highest BCUT2D eigenvalue weighted by Crippen LogP contribution is 2.24. The molecular weight excluding hydrogens is 386 g/mol. The molecule has 1 fully saturated rings. The Kier molecular flexibility index (Phi) is 7.00. The highest BCUT2D eigenvalue weighted by atomic mass is 32.1. The third kappa shape index (κ3) is 6.92. The molecule has 156 valence electrons. The minimum absolute atomic E-state index is 0.236. The molecule has 2 heterocycles. The second-order valence-electron chi connectivity index (χ2n) is 8.31. The number of urea groups is 1. The molecule has 2 N–H and O–H groups in total. The summed E-state index contributed by atoms with van der Waals surface area (Å²) in [6, 6.07) is 9.77. The Hall–Kier alpha value is -2.29. The fourth-order valence-electron chi connectivity index (χ4n) is 3.17. The molecule has 8 heteroatoms. The van der Waals surface area contributed by atoms with Gasteiger partial charge in [-0.1, -0.05) is 30.3 Å². The molecule has 0 radical (unpaired) electrons. The molecule has 1 aromatic carbocycles. The maximum Gasteiger partial charge on any atom is 0.321 e. The summed E-state index contributed by atoms with van der Waals surface area (Å²) >= 11 is 1.67. The summed E-state index contributed by atoms with van der Waals surface area (Å²) in [5.74, 6) is -0.271. The summed E-state index contributed by atoms with van der Waals surface area (Å²) in [4.78, 5) is 33.1. The Morgan fingerprint density at radius 2 is 1.72 bits per heavy atom. The first-order valence-corrected chi connectivity index (χ1v) is 10.7. The molecule has 1 aliphatic rings. The number of aromatic nitrogens is 1. The van der Waals surface area contributed by atoms with Gasteiger partial charge in [0.05, 0.1) is 12.2 Å². The maximum atomic E-state index is 12.1. The smallest absolute Gasteiger partial charge is 0.321 e. The number of hydrogen-bond acceptors (Lipinski definition) is 6. The topological polar surface area (TPSA) is 77.6 Å². The fourth-order valence-corrected chi connectivity index (χ4v) is 3.99. The normalized spacial score (nSPS) is 15.8. The number of thiazole rings is 1. The van der Waals surface area contributed by atoms with E-state index in [1.807, 2.05) is 39.0 Å². The maximum absolute atomic E-state index is 12.1. The summed E-state index contributed by atoms with van der Waals surface area (Å²) < 4.78 is 0. The van der Waals surface area contributed by atoms with Gasteiger partial charge in [0.25, 0.3) is 0 Å². The van der Waals surface area contributed by atoms with E-state index in [9.17, 15) is 9.59 Å². The van der Waals surface area contributed by atoms with Crippen LogP contribution in [0.5, 0.6) is 0 Å². The summed E-state index contributed by atoms with van der Waals surface area (Å²) in [5.41, 5.74) is 1.86. The molecule has 1 aliphatic heterocycles. The van der Waals surface area contributed by atoms with Gasteiger partial charge in [-0.25, -0.2) is 9.78 Å². The Morgan fingerprint density at radius 3 is 2.38 bits per heavy atom. The SMILES string of the molecule is CC(C)(C)NC(=O)NC(=O)CN1CCN(Cc2csc(-c3ccccc3)n2)CC1. The van der Waals surface area contributed by atoms with Gasteiger partial charge in [0.1, 0.15) is 5.01 Å². The Balaban J connectivity index is 1.41. The van der Waals surface area contributed by atoms with Gasteiger partial charge in [-0.05, 0) is 20.8 Å². The van der Waals surface area contributed by atoms with Gasteiger partial charge in [0, 0.05) is 49.2 Å². The molecule has 29 heavy (non-hydrogen) atoms. The van der Waals surface area contributed by atoms with Crippen LogP contribution in [0.1, 0.15) is 26.5 Å². The van der Waals surface area contributed by atoms with E-state index in [4.69, 9.17) is 4.98 Å². The van der Waals surface area contributed by atoms with Crippen LogP contribution < -0.4 is 10.6 Å². The number of rotatable bonds is 5. The average molecular weight is 416 g/mol. The van der Waals surface area contributed by atoms with Crippen LogP contribution in [0.2, 0.25) is 0 Å². The molecule has 0 aliphatic carbocycles. The van der Waals surface area contributed by atoms with Crippen LogP contribution in [-0.4, -0.2) is 65.0 Å². The number of imide groups is 1. The van der Waals surface area contributed by atoms with Crippen molar-refractivity contribution in [2.24, 2.45) is 0 Å². The standard InChI is InChI=1S/C21H29N5O2S/c1-21(2,3)24-20(28)23-18(27)14-26-11-9-25(10-12-26)13-17-15-29-19(22-17)16-7-5-4-6-8-16/h4-8,15H,9-14H2,1-3H3,(H2,23,24,27,28). The number of carbonyl (C=O) groups excluding carboxylic acids is 2. The Labute approximate surface area is 176 Å². The van der Waals surface area contributed by atoms with Crippen molar-refractivity contribution in [3.05, 3.63) is 41.4 Å². The molecule has 1 saturated heterocycles. The number of benzene rings is 1. The van der Waals surface area contributed by atoms with Crippen LogP contribution in [0.3, 0.4) is 0 Å². The summed E-state index contributed by atoms with van der Waals surface area (Å²) in [7, 11) is 0. The van der Waals surface area contributed by atoms with Gasteiger partial charge in [0.15, 0.2) is 0 Å². The summed E-state index contributed by atoms with van der Waals surface area (Å²) in [6.45, 7) is 10.0. The van der Waals surface area contributed by atoms with Gasteiger partial charge in [0.2, 0.25) is 5.91 Å². The van der Waals surface area contributed by atoms with Crippen molar-refractivity contribution in [1.29, 1.82) is 0 Å².